The molecule has 0 aromatic heterocycles. The van der Waals surface area contributed by atoms with Crippen molar-refractivity contribution in [3.63, 3.8) is 0 Å². The van der Waals surface area contributed by atoms with Crippen molar-refractivity contribution in [2.24, 2.45) is 11.7 Å². The van der Waals surface area contributed by atoms with E-state index in [9.17, 15) is 14.4 Å². The lowest BCUT2D eigenvalue weighted by Crippen LogP contribution is -2.61. The fourth-order valence-electron chi connectivity index (χ4n) is 4.00. The van der Waals surface area contributed by atoms with Crippen LogP contribution < -0.4 is 5.73 Å². The first-order valence-electron chi connectivity index (χ1n) is 7.80. The smallest absolute Gasteiger partial charge is 0.260 e. The number of fused-ring (bicyclic) bond motifs is 1. The Morgan fingerprint density at radius 3 is 2.48 bits per heavy atom. The lowest BCUT2D eigenvalue weighted by molar-refractivity contribution is -0.158. The van der Waals surface area contributed by atoms with E-state index in [1.807, 2.05) is 6.92 Å². The Hall–Kier alpha value is -1.43. The number of hydrogen-bond acceptors (Lipinski definition) is 4. The van der Waals surface area contributed by atoms with Crippen molar-refractivity contribution in [3.8, 4) is 0 Å². The van der Waals surface area contributed by atoms with E-state index < -0.39 is 23.5 Å². The van der Waals surface area contributed by atoms with Gasteiger partial charge in [0.25, 0.3) is 5.91 Å². The van der Waals surface area contributed by atoms with Gasteiger partial charge in [-0.05, 0) is 32.6 Å². The largest absolute Gasteiger partial charge is 0.368 e. The van der Waals surface area contributed by atoms with Gasteiger partial charge in [-0.25, -0.2) is 0 Å². The molecule has 6 heteroatoms. The van der Waals surface area contributed by atoms with Crippen LogP contribution in [0.25, 0.3) is 0 Å². The Morgan fingerprint density at radius 1 is 1.19 bits per heavy atom. The van der Waals surface area contributed by atoms with Gasteiger partial charge in [-0.3, -0.25) is 19.3 Å². The van der Waals surface area contributed by atoms with Crippen LogP contribution in [-0.2, 0) is 19.1 Å². The molecular formula is C15H22N2O4. The molecule has 0 bridgehead atoms. The molecule has 0 aromatic rings. The highest BCUT2D eigenvalue weighted by molar-refractivity contribution is 6.10. The number of ether oxygens (including phenoxy) is 1. The van der Waals surface area contributed by atoms with E-state index in [2.05, 4.69) is 0 Å². The summed E-state index contributed by atoms with van der Waals surface area (Å²) < 4.78 is 5.67. The number of primary amides is 1. The van der Waals surface area contributed by atoms with Crippen molar-refractivity contribution in [2.75, 3.05) is 0 Å². The van der Waals surface area contributed by atoms with E-state index in [0.29, 0.717) is 19.3 Å². The van der Waals surface area contributed by atoms with Crippen molar-refractivity contribution < 1.29 is 19.1 Å². The number of rotatable bonds is 2. The van der Waals surface area contributed by atoms with Crippen LogP contribution >= 0.6 is 0 Å². The van der Waals surface area contributed by atoms with Crippen LogP contribution in [0.4, 0.5) is 0 Å². The van der Waals surface area contributed by atoms with Crippen molar-refractivity contribution >= 4 is 17.7 Å². The number of likely N-dealkylation sites (tertiary alicyclic amines) is 1. The number of hydrogen-bond donors (Lipinski definition) is 1. The number of carbonyl (C=O) groups excluding carboxylic acids is 3. The molecular weight excluding hydrogens is 272 g/mol. The second kappa shape index (κ2) is 5.09. The van der Waals surface area contributed by atoms with Gasteiger partial charge in [0, 0.05) is 0 Å². The summed E-state index contributed by atoms with van der Waals surface area (Å²) >= 11 is 0. The Morgan fingerprint density at radius 2 is 1.86 bits per heavy atom. The van der Waals surface area contributed by atoms with Gasteiger partial charge in [0.1, 0.15) is 11.6 Å². The topological polar surface area (TPSA) is 89.7 Å². The molecule has 2 N–H and O–H groups in total. The van der Waals surface area contributed by atoms with E-state index in [0.717, 1.165) is 25.7 Å². The molecule has 3 fully saturated rings. The third-order valence-corrected chi connectivity index (χ3v) is 5.20. The second-order valence-corrected chi connectivity index (χ2v) is 6.52. The normalized spacial score (nSPS) is 35.7. The molecule has 3 atom stereocenters. The van der Waals surface area contributed by atoms with E-state index >= 15 is 0 Å². The fraction of sp³-hybridized carbons (Fsp3) is 0.800. The molecule has 1 aliphatic carbocycles. The zero-order valence-electron chi connectivity index (χ0n) is 12.3. The van der Waals surface area contributed by atoms with Crippen LogP contribution in [0.3, 0.4) is 0 Å². The lowest BCUT2D eigenvalue weighted by atomic mass is 9.79. The van der Waals surface area contributed by atoms with Gasteiger partial charge in [-0.15, -0.1) is 0 Å². The summed E-state index contributed by atoms with van der Waals surface area (Å²) in [5.41, 5.74) is 4.47. The van der Waals surface area contributed by atoms with Gasteiger partial charge >= 0.3 is 0 Å². The van der Waals surface area contributed by atoms with Gasteiger partial charge in [0.15, 0.2) is 0 Å². The van der Waals surface area contributed by atoms with Crippen LogP contribution in [0.15, 0.2) is 0 Å². The first kappa shape index (κ1) is 14.5. The van der Waals surface area contributed by atoms with E-state index in [4.69, 9.17) is 10.5 Å². The number of nitrogens with zero attached hydrogens (tertiary/aromatic N) is 1. The Kier molecular flexibility index (Phi) is 3.51. The highest BCUT2D eigenvalue weighted by Gasteiger charge is 2.59. The van der Waals surface area contributed by atoms with E-state index in [-0.39, 0.29) is 17.9 Å². The van der Waals surface area contributed by atoms with Gasteiger partial charge in [-0.1, -0.05) is 19.3 Å². The minimum atomic E-state index is -1.13. The van der Waals surface area contributed by atoms with E-state index in [1.54, 1.807) is 0 Å². The van der Waals surface area contributed by atoms with Crippen LogP contribution in [0, 0.1) is 5.92 Å². The van der Waals surface area contributed by atoms with E-state index in [1.165, 1.54) is 4.90 Å². The van der Waals surface area contributed by atoms with Gasteiger partial charge in [0.05, 0.1) is 12.0 Å². The maximum absolute atomic E-state index is 12.7. The van der Waals surface area contributed by atoms with Gasteiger partial charge in [0.2, 0.25) is 11.8 Å². The molecule has 0 radical (unpaired) electrons. The quantitative estimate of drug-likeness (QED) is 0.760. The average Bonchev–Trinajstić information content (AvgIpc) is 2.71. The summed E-state index contributed by atoms with van der Waals surface area (Å²) in [4.78, 5) is 38.6. The van der Waals surface area contributed by atoms with Crippen LogP contribution in [0.1, 0.15) is 51.9 Å². The molecule has 2 heterocycles. The van der Waals surface area contributed by atoms with Crippen molar-refractivity contribution in [1.29, 1.82) is 0 Å². The molecule has 3 amide bonds. The fourth-order valence-corrected chi connectivity index (χ4v) is 4.00. The SMILES string of the molecule is CC1CCC2C(=O)N(C3(C(N)=O)CCCCC3)C(=O)C2O1. The lowest BCUT2D eigenvalue weighted by Gasteiger charge is -2.40. The van der Waals surface area contributed by atoms with Crippen LogP contribution in [0.2, 0.25) is 0 Å². The standard InChI is InChI=1S/C15H22N2O4/c1-9-5-6-10-11(21-9)13(19)17(12(10)18)15(14(16)20)7-3-2-4-8-15/h9-11H,2-8H2,1H3,(H2,16,20). The molecule has 6 nitrogen and oxygen atoms in total. The predicted molar refractivity (Wildman–Crippen MR) is 73.9 cm³/mol. The molecule has 0 aromatic carbocycles. The maximum Gasteiger partial charge on any atom is 0.260 e. The van der Waals surface area contributed by atoms with Gasteiger partial charge in [-0.2, -0.15) is 0 Å². The molecule has 1 saturated carbocycles. The molecule has 116 valence electrons. The molecule has 2 aliphatic heterocycles. The summed E-state index contributed by atoms with van der Waals surface area (Å²) in [6, 6.07) is 0. The monoisotopic (exact) mass is 294 g/mol. The van der Waals surface area contributed by atoms with Crippen LogP contribution in [0.5, 0.6) is 0 Å². The van der Waals surface area contributed by atoms with Crippen molar-refractivity contribution in [2.45, 2.75) is 69.6 Å². The maximum atomic E-state index is 12.7. The summed E-state index contributed by atoms with van der Waals surface area (Å²) in [6.45, 7) is 1.90. The molecule has 21 heavy (non-hydrogen) atoms. The Labute approximate surface area is 124 Å². The Bertz CT molecular complexity index is 484. The highest BCUT2D eigenvalue weighted by Crippen LogP contribution is 2.42. The highest BCUT2D eigenvalue weighted by atomic mass is 16.5. The van der Waals surface area contributed by atoms with Crippen molar-refractivity contribution in [1.82, 2.24) is 4.90 Å². The zero-order valence-corrected chi connectivity index (χ0v) is 12.3. The van der Waals surface area contributed by atoms with Gasteiger partial charge < -0.3 is 10.5 Å². The summed E-state index contributed by atoms with van der Waals surface area (Å²) in [6.07, 6.45) is 4.24. The molecule has 2 saturated heterocycles. The number of imide groups is 1. The zero-order chi connectivity index (χ0) is 15.2. The number of nitrogens with two attached hydrogens (primary N) is 1. The summed E-state index contributed by atoms with van der Waals surface area (Å²) in [5.74, 6) is -1.63. The number of carbonyl (C=O) groups is 3. The van der Waals surface area contributed by atoms with Crippen molar-refractivity contribution in [3.05, 3.63) is 0 Å². The summed E-state index contributed by atoms with van der Waals surface area (Å²) in [7, 11) is 0. The number of amides is 3. The molecule has 3 aliphatic rings. The summed E-state index contributed by atoms with van der Waals surface area (Å²) in [5, 5.41) is 0. The average molecular weight is 294 g/mol. The third-order valence-electron chi connectivity index (χ3n) is 5.20. The third kappa shape index (κ3) is 2.08. The first-order valence-corrected chi connectivity index (χ1v) is 7.80. The van der Waals surface area contributed by atoms with Crippen LogP contribution in [-0.4, -0.2) is 40.4 Å². The second-order valence-electron chi connectivity index (χ2n) is 6.52. The Balaban J connectivity index is 1.95. The minimum Gasteiger partial charge on any atom is -0.368 e. The molecule has 3 unspecified atom stereocenters. The minimum absolute atomic E-state index is 0.0289. The predicted octanol–water partition coefficient (Wildman–Crippen LogP) is 0.727. The first-order chi connectivity index (χ1) is 9.97. The molecule has 3 rings (SSSR count). The molecule has 0 spiro atoms.